The second-order valence-corrected chi connectivity index (χ2v) is 7.80. The first-order valence-electron chi connectivity index (χ1n) is 10.7. The Kier molecular flexibility index (Phi) is 5.41. The Labute approximate surface area is 191 Å². The van der Waals surface area contributed by atoms with E-state index in [1.807, 2.05) is 65.4 Å². The van der Waals surface area contributed by atoms with Crippen LogP contribution in [0.15, 0.2) is 122 Å². The van der Waals surface area contributed by atoms with Crippen LogP contribution in [-0.2, 0) is 5.54 Å². The number of imidazole rings is 1. The van der Waals surface area contributed by atoms with Gasteiger partial charge < -0.3 is 4.57 Å². The summed E-state index contributed by atoms with van der Waals surface area (Å²) in [5.41, 5.74) is 3.24. The number of rotatable bonds is 6. The zero-order valence-corrected chi connectivity index (χ0v) is 17.8. The second kappa shape index (κ2) is 8.67. The Morgan fingerprint density at radius 2 is 1.21 bits per heavy atom. The molecule has 0 unspecified atom stereocenters. The van der Waals surface area contributed by atoms with Gasteiger partial charge in [-0.2, -0.15) is 0 Å². The molecule has 0 saturated heterocycles. The minimum Gasteiger partial charge on any atom is -0.318 e. The predicted octanol–water partition coefficient (Wildman–Crippen LogP) is 6.34. The molecule has 0 bridgehead atoms. The Morgan fingerprint density at radius 3 is 1.70 bits per heavy atom. The minimum absolute atomic E-state index is 0.203. The number of benzene rings is 4. The fourth-order valence-electron chi connectivity index (χ4n) is 4.53. The fraction of sp³-hybridized carbons (Fsp3) is 0.0345. The zero-order valence-electron chi connectivity index (χ0n) is 17.8. The third-order valence-electron chi connectivity index (χ3n) is 5.97. The number of carbonyl (C=O) groups excluding carboxylic acids is 1. The molecule has 33 heavy (non-hydrogen) atoms. The van der Waals surface area contributed by atoms with E-state index < -0.39 is 11.4 Å². The first kappa shape index (κ1) is 20.6. The Bertz CT molecular complexity index is 1280. The standard InChI is InChI=1S/C29H21FN2O/c30-26-18-10-11-22(20-33)28(26)27-19-32(21-31-27)29(23-12-4-1-5-13-23,24-14-6-2-7-15-24)25-16-8-3-9-17-25/h1-21H. The molecule has 0 N–H and O–H groups in total. The molecule has 3 nitrogen and oxygen atoms in total. The van der Waals surface area contributed by atoms with Crippen molar-refractivity contribution < 1.29 is 9.18 Å². The summed E-state index contributed by atoms with van der Waals surface area (Å²) in [5.74, 6) is -0.477. The first-order chi connectivity index (χ1) is 16.2. The van der Waals surface area contributed by atoms with Gasteiger partial charge in [-0.05, 0) is 22.8 Å². The molecule has 4 heteroatoms. The van der Waals surface area contributed by atoms with E-state index in [-0.39, 0.29) is 11.1 Å². The molecule has 0 aliphatic carbocycles. The summed E-state index contributed by atoms with van der Waals surface area (Å²) in [5, 5.41) is 0. The van der Waals surface area contributed by atoms with Gasteiger partial charge in [-0.3, -0.25) is 4.79 Å². The lowest BCUT2D eigenvalue weighted by atomic mass is 9.77. The molecular formula is C29H21FN2O. The van der Waals surface area contributed by atoms with Crippen molar-refractivity contribution in [1.82, 2.24) is 9.55 Å². The molecule has 0 radical (unpaired) electrons. The lowest BCUT2D eigenvalue weighted by Crippen LogP contribution is -2.36. The lowest BCUT2D eigenvalue weighted by molar-refractivity contribution is 0.112. The van der Waals surface area contributed by atoms with E-state index in [0.29, 0.717) is 12.0 Å². The highest BCUT2D eigenvalue weighted by molar-refractivity contribution is 5.86. The zero-order chi connectivity index (χ0) is 22.7. The van der Waals surface area contributed by atoms with E-state index in [1.54, 1.807) is 12.4 Å². The molecule has 160 valence electrons. The van der Waals surface area contributed by atoms with Crippen LogP contribution in [-0.4, -0.2) is 15.8 Å². The largest absolute Gasteiger partial charge is 0.318 e. The number of aromatic nitrogens is 2. The molecular weight excluding hydrogens is 411 g/mol. The highest BCUT2D eigenvalue weighted by Crippen LogP contribution is 2.41. The second-order valence-electron chi connectivity index (χ2n) is 7.80. The van der Waals surface area contributed by atoms with Gasteiger partial charge in [0.2, 0.25) is 0 Å². The fourth-order valence-corrected chi connectivity index (χ4v) is 4.53. The number of nitrogens with zero attached hydrogens (tertiary/aromatic N) is 2. The lowest BCUT2D eigenvalue weighted by Gasteiger charge is -2.37. The number of aldehydes is 1. The van der Waals surface area contributed by atoms with Crippen molar-refractivity contribution in [2.75, 3.05) is 0 Å². The van der Waals surface area contributed by atoms with E-state index in [2.05, 4.69) is 41.4 Å². The van der Waals surface area contributed by atoms with Gasteiger partial charge in [-0.25, -0.2) is 9.37 Å². The van der Waals surface area contributed by atoms with Gasteiger partial charge in [-0.15, -0.1) is 0 Å². The molecule has 1 heterocycles. The van der Waals surface area contributed by atoms with Gasteiger partial charge >= 0.3 is 0 Å². The van der Waals surface area contributed by atoms with Crippen molar-refractivity contribution >= 4 is 6.29 Å². The molecule has 5 rings (SSSR count). The summed E-state index contributed by atoms with van der Waals surface area (Å²) in [6, 6.07) is 35.0. The quantitative estimate of drug-likeness (QED) is 0.232. The summed E-state index contributed by atoms with van der Waals surface area (Å²) in [6.45, 7) is 0. The SMILES string of the molecule is O=Cc1cccc(F)c1-c1cn(C(c2ccccc2)(c2ccccc2)c2ccccc2)cn1. The van der Waals surface area contributed by atoms with Gasteiger partial charge in [0.1, 0.15) is 11.4 Å². The average molecular weight is 432 g/mol. The summed E-state index contributed by atoms with van der Waals surface area (Å²) >= 11 is 0. The van der Waals surface area contributed by atoms with Crippen molar-refractivity contribution in [3.05, 3.63) is 150 Å². The van der Waals surface area contributed by atoms with E-state index in [4.69, 9.17) is 0 Å². The number of halogens is 1. The van der Waals surface area contributed by atoms with Crippen LogP contribution in [0.2, 0.25) is 0 Å². The molecule has 0 saturated carbocycles. The summed E-state index contributed by atoms with van der Waals surface area (Å²) in [4.78, 5) is 16.2. The first-order valence-corrected chi connectivity index (χ1v) is 10.7. The van der Waals surface area contributed by atoms with Gasteiger partial charge in [0, 0.05) is 17.3 Å². The molecule has 0 aliphatic heterocycles. The van der Waals surface area contributed by atoms with E-state index in [0.717, 1.165) is 16.7 Å². The average Bonchev–Trinajstić information content (AvgIpc) is 3.36. The maximum Gasteiger partial charge on any atom is 0.150 e. The molecule has 0 spiro atoms. The number of hydrogen-bond acceptors (Lipinski definition) is 2. The van der Waals surface area contributed by atoms with Crippen LogP contribution in [0.25, 0.3) is 11.3 Å². The predicted molar refractivity (Wildman–Crippen MR) is 128 cm³/mol. The van der Waals surface area contributed by atoms with Crippen molar-refractivity contribution in [3.63, 3.8) is 0 Å². The van der Waals surface area contributed by atoms with Gasteiger partial charge in [0.15, 0.2) is 6.29 Å². The molecule has 5 aromatic rings. The van der Waals surface area contributed by atoms with Crippen molar-refractivity contribution in [1.29, 1.82) is 0 Å². The Morgan fingerprint density at radius 1 is 0.697 bits per heavy atom. The molecule has 0 amide bonds. The van der Waals surface area contributed by atoms with Gasteiger partial charge in [-0.1, -0.05) is 103 Å². The molecule has 1 aromatic heterocycles. The van der Waals surface area contributed by atoms with Crippen LogP contribution in [0.5, 0.6) is 0 Å². The van der Waals surface area contributed by atoms with Crippen LogP contribution in [0, 0.1) is 5.82 Å². The summed E-state index contributed by atoms with van der Waals surface area (Å²) < 4.78 is 16.8. The summed E-state index contributed by atoms with van der Waals surface area (Å²) in [6.07, 6.45) is 4.19. The Balaban J connectivity index is 1.83. The smallest absolute Gasteiger partial charge is 0.150 e. The van der Waals surface area contributed by atoms with E-state index in [9.17, 15) is 9.18 Å². The van der Waals surface area contributed by atoms with E-state index >= 15 is 0 Å². The third-order valence-corrected chi connectivity index (χ3v) is 5.97. The molecule has 0 fully saturated rings. The van der Waals surface area contributed by atoms with E-state index in [1.165, 1.54) is 12.1 Å². The van der Waals surface area contributed by atoms with Crippen LogP contribution in [0.3, 0.4) is 0 Å². The van der Waals surface area contributed by atoms with Gasteiger partial charge in [0.25, 0.3) is 0 Å². The minimum atomic E-state index is -0.748. The number of hydrogen-bond donors (Lipinski definition) is 0. The molecule has 0 atom stereocenters. The molecule has 0 aliphatic rings. The summed E-state index contributed by atoms with van der Waals surface area (Å²) in [7, 11) is 0. The maximum atomic E-state index is 14.8. The Hall–Kier alpha value is -4.31. The van der Waals surface area contributed by atoms with Crippen LogP contribution >= 0.6 is 0 Å². The maximum absolute atomic E-state index is 14.8. The topological polar surface area (TPSA) is 34.9 Å². The van der Waals surface area contributed by atoms with Crippen molar-refractivity contribution in [2.24, 2.45) is 0 Å². The third kappa shape index (κ3) is 3.46. The normalized spacial score (nSPS) is 11.3. The van der Waals surface area contributed by atoms with Crippen LogP contribution in [0.4, 0.5) is 4.39 Å². The monoisotopic (exact) mass is 432 g/mol. The van der Waals surface area contributed by atoms with Crippen LogP contribution in [0.1, 0.15) is 27.0 Å². The van der Waals surface area contributed by atoms with Crippen molar-refractivity contribution in [3.8, 4) is 11.3 Å². The van der Waals surface area contributed by atoms with Gasteiger partial charge in [0.05, 0.1) is 12.0 Å². The number of carbonyl (C=O) groups is 1. The van der Waals surface area contributed by atoms with Crippen molar-refractivity contribution in [2.45, 2.75) is 5.54 Å². The highest BCUT2D eigenvalue weighted by Gasteiger charge is 2.38. The highest BCUT2D eigenvalue weighted by atomic mass is 19.1. The molecule has 4 aromatic carbocycles. The van der Waals surface area contributed by atoms with Crippen LogP contribution < -0.4 is 0 Å².